The van der Waals surface area contributed by atoms with Crippen LogP contribution in [0.4, 0.5) is 0 Å². The molecule has 26 heavy (non-hydrogen) atoms. The van der Waals surface area contributed by atoms with Crippen molar-refractivity contribution in [2.75, 3.05) is 0 Å². The molecule has 128 valence electrons. The zero-order chi connectivity index (χ0) is 18.0. The van der Waals surface area contributed by atoms with Crippen LogP contribution in [0, 0.1) is 0 Å². The van der Waals surface area contributed by atoms with Gasteiger partial charge in [-0.15, -0.1) is 0 Å². The smallest absolute Gasteiger partial charge is 0.180 e. The number of aliphatic hydroxyl groups excluding tert-OH is 1. The molecular weight excluding hydrogens is 320 g/mol. The maximum Gasteiger partial charge on any atom is 0.180 e. The Labute approximate surface area is 153 Å². The molecule has 2 heteroatoms. The molecule has 0 saturated carbocycles. The minimum Gasteiger partial charge on any atom is -0.381 e. The van der Waals surface area contributed by atoms with Crippen LogP contribution in [-0.4, -0.2) is 10.9 Å². The first-order valence-electron chi connectivity index (χ1n) is 8.82. The van der Waals surface area contributed by atoms with Crippen LogP contribution in [0.15, 0.2) is 97.1 Å². The highest BCUT2D eigenvalue weighted by Crippen LogP contribution is 2.39. The maximum atomic E-state index is 13.4. The molecule has 4 rings (SSSR count). The molecule has 3 aromatic carbocycles. The van der Waals surface area contributed by atoms with E-state index in [9.17, 15) is 9.90 Å². The van der Waals surface area contributed by atoms with Gasteiger partial charge in [-0.1, -0.05) is 91.0 Å². The van der Waals surface area contributed by atoms with Gasteiger partial charge in [0.2, 0.25) is 0 Å². The Hall–Kier alpha value is -2.97. The number of hydrogen-bond donors (Lipinski definition) is 1. The van der Waals surface area contributed by atoms with Crippen molar-refractivity contribution in [1.82, 2.24) is 0 Å². The minimum absolute atomic E-state index is 0.195. The Morgan fingerprint density at radius 2 is 1.62 bits per heavy atom. The van der Waals surface area contributed by atoms with Crippen LogP contribution in [0.25, 0.3) is 10.8 Å². The fourth-order valence-electron chi connectivity index (χ4n) is 3.66. The molecule has 1 N–H and O–H groups in total. The lowest BCUT2D eigenvalue weighted by Gasteiger charge is -2.32. The number of allylic oxidation sites excluding steroid dienone is 4. The normalized spacial score (nSPS) is 20.2. The lowest BCUT2D eigenvalue weighted by atomic mass is 9.69. The summed E-state index contributed by atoms with van der Waals surface area (Å²) >= 11 is 0. The van der Waals surface area contributed by atoms with Crippen molar-refractivity contribution in [1.29, 1.82) is 0 Å². The van der Waals surface area contributed by atoms with Crippen molar-refractivity contribution in [2.24, 2.45) is 0 Å². The van der Waals surface area contributed by atoms with E-state index in [-0.39, 0.29) is 5.78 Å². The number of carbonyl (C=O) groups is 1. The number of carbonyl (C=O) groups excluding carboxylic acids is 1. The first-order chi connectivity index (χ1) is 12.7. The molecular formula is C24H20O2. The molecule has 0 aliphatic heterocycles. The standard InChI is InChI=1S/C24H20O2/c25-22(19-10-3-1-4-11-19)23(26)24(15-7-2-8-16-24)21-14-13-18-9-5-6-12-20(18)17-21/h1-15,17,22,25H,16H2. The number of Topliss-reactive ketones (excluding diaryl/α,β-unsaturated/α-hetero) is 1. The third-order valence-corrected chi connectivity index (χ3v) is 5.14. The molecule has 3 aromatic rings. The maximum absolute atomic E-state index is 13.4. The SMILES string of the molecule is O=C(C(O)c1ccccc1)C1(c2ccc3ccccc3c2)C=CC=CC1. The second-order valence-electron chi connectivity index (χ2n) is 6.70. The second-order valence-corrected chi connectivity index (χ2v) is 6.70. The Morgan fingerprint density at radius 3 is 2.35 bits per heavy atom. The Balaban J connectivity index is 1.81. The van der Waals surface area contributed by atoms with Crippen molar-refractivity contribution in [2.45, 2.75) is 17.9 Å². The van der Waals surface area contributed by atoms with Crippen LogP contribution in [-0.2, 0) is 10.2 Å². The van der Waals surface area contributed by atoms with Crippen LogP contribution >= 0.6 is 0 Å². The minimum atomic E-state index is -1.15. The molecule has 1 aliphatic rings. The summed E-state index contributed by atoms with van der Waals surface area (Å²) in [6.07, 6.45) is 7.15. The van der Waals surface area contributed by atoms with Gasteiger partial charge >= 0.3 is 0 Å². The van der Waals surface area contributed by atoms with Gasteiger partial charge in [-0.2, -0.15) is 0 Å². The molecule has 0 amide bonds. The van der Waals surface area contributed by atoms with Gasteiger partial charge in [0.05, 0.1) is 5.41 Å². The van der Waals surface area contributed by atoms with Gasteiger partial charge in [-0.05, 0) is 34.4 Å². The molecule has 0 heterocycles. The van der Waals surface area contributed by atoms with E-state index in [1.807, 2.05) is 72.8 Å². The average molecular weight is 340 g/mol. The summed E-state index contributed by atoms with van der Waals surface area (Å²) in [4.78, 5) is 13.4. The molecule has 0 aromatic heterocycles. The Bertz CT molecular complexity index is 1000. The zero-order valence-corrected chi connectivity index (χ0v) is 14.4. The van der Waals surface area contributed by atoms with Crippen LogP contribution in [0.3, 0.4) is 0 Å². The molecule has 0 fully saturated rings. The van der Waals surface area contributed by atoms with E-state index >= 15 is 0 Å². The van der Waals surface area contributed by atoms with E-state index in [1.54, 1.807) is 12.1 Å². The average Bonchev–Trinajstić information content (AvgIpc) is 2.73. The van der Waals surface area contributed by atoms with Crippen molar-refractivity contribution in [3.05, 3.63) is 108 Å². The lowest BCUT2D eigenvalue weighted by molar-refractivity contribution is -0.131. The van der Waals surface area contributed by atoms with Gasteiger partial charge in [0.25, 0.3) is 0 Å². The van der Waals surface area contributed by atoms with E-state index in [0.717, 1.165) is 16.3 Å². The highest BCUT2D eigenvalue weighted by atomic mass is 16.3. The van der Waals surface area contributed by atoms with Gasteiger partial charge in [-0.25, -0.2) is 0 Å². The summed E-state index contributed by atoms with van der Waals surface area (Å²) in [5, 5.41) is 13.0. The molecule has 2 nitrogen and oxygen atoms in total. The lowest BCUT2D eigenvalue weighted by Crippen LogP contribution is -2.38. The third-order valence-electron chi connectivity index (χ3n) is 5.14. The summed E-state index contributed by atoms with van der Waals surface area (Å²) in [7, 11) is 0. The largest absolute Gasteiger partial charge is 0.381 e. The predicted octanol–water partition coefficient (Wildman–Crippen LogP) is 4.90. The van der Waals surface area contributed by atoms with E-state index in [2.05, 4.69) is 12.1 Å². The van der Waals surface area contributed by atoms with E-state index in [1.165, 1.54) is 0 Å². The van der Waals surface area contributed by atoms with E-state index in [4.69, 9.17) is 0 Å². The van der Waals surface area contributed by atoms with Crippen LogP contribution in [0.2, 0.25) is 0 Å². The molecule has 2 atom stereocenters. The summed E-state index contributed by atoms with van der Waals surface area (Å²) < 4.78 is 0. The van der Waals surface area contributed by atoms with Crippen molar-refractivity contribution >= 4 is 16.6 Å². The monoisotopic (exact) mass is 340 g/mol. The summed E-state index contributed by atoms with van der Waals surface area (Å²) in [5.41, 5.74) is 0.686. The Kier molecular flexibility index (Phi) is 4.27. The number of fused-ring (bicyclic) bond motifs is 1. The number of ketones is 1. The fourth-order valence-corrected chi connectivity index (χ4v) is 3.66. The molecule has 1 aliphatic carbocycles. The summed E-state index contributed by atoms with van der Waals surface area (Å²) in [6, 6.07) is 23.4. The summed E-state index contributed by atoms with van der Waals surface area (Å²) in [5.74, 6) is -0.195. The van der Waals surface area contributed by atoms with Gasteiger partial charge < -0.3 is 5.11 Å². The molecule has 0 bridgehead atoms. The van der Waals surface area contributed by atoms with Gasteiger partial charge in [0.15, 0.2) is 5.78 Å². The van der Waals surface area contributed by atoms with Crippen molar-refractivity contribution in [3.63, 3.8) is 0 Å². The van der Waals surface area contributed by atoms with Gasteiger partial charge in [0.1, 0.15) is 6.10 Å². The first-order valence-corrected chi connectivity index (χ1v) is 8.82. The number of aliphatic hydroxyl groups is 1. The van der Waals surface area contributed by atoms with Crippen molar-refractivity contribution < 1.29 is 9.90 Å². The van der Waals surface area contributed by atoms with E-state index < -0.39 is 11.5 Å². The number of benzene rings is 3. The highest BCUT2D eigenvalue weighted by molar-refractivity contribution is 5.98. The summed E-state index contributed by atoms with van der Waals surface area (Å²) in [6.45, 7) is 0. The number of rotatable bonds is 4. The van der Waals surface area contributed by atoms with Crippen LogP contribution in [0.5, 0.6) is 0 Å². The molecule has 0 spiro atoms. The zero-order valence-electron chi connectivity index (χ0n) is 14.4. The van der Waals surface area contributed by atoms with Gasteiger partial charge in [0, 0.05) is 0 Å². The van der Waals surface area contributed by atoms with Crippen LogP contribution in [0.1, 0.15) is 23.7 Å². The first kappa shape index (κ1) is 16.5. The Morgan fingerprint density at radius 1 is 0.885 bits per heavy atom. The topological polar surface area (TPSA) is 37.3 Å². The van der Waals surface area contributed by atoms with Gasteiger partial charge in [-0.3, -0.25) is 4.79 Å². The predicted molar refractivity (Wildman–Crippen MR) is 105 cm³/mol. The quantitative estimate of drug-likeness (QED) is 0.734. The number of hydrogen-bond acceptors (Lipinski definition) is 2. The van der Waals surface area contributed by atoms with E-state index in [0.29, 0.717) is 12.0 Å². The van der Waals surface area contributed by atoms with Crippen molar-refractivity contribution in [3.8, 4) is 0 Å². The highest BCUT2D eigenvalue weighted by Gasteiger charge is 2.41. The fraction of sp³-hybridized carbons (Fsp3) is 0.125. The second kappa shape index (κ2) is 6.74. The molecule has 0 radical (unpaired) electrons. The molecule has 2 unspecified atom stereocenters. The molecule has 0 saturated heterocycles. The van der Waals surface area contributed by atoms with Crippen LogP contribution < -0.4 is 0 Å². The third kappa shape index (κ3) is 2.79.